The van der Waals surface area contributed by atoms with Gasteiger partial charge in [-0.15, -0.1) is 5.92 Å². The number of hydrogen-bond acceptors (Lipinski definition) is 3. The molecule has 7 atom stereocenters. The molecule has 0 aromatic carbocycles. The van der Waals surface area contributed by atoms with E-state index in [0.29, 0.717) is 43.4 Å². The minimum atomic E-state index is -0.832. The lowest BCUT2D eigenvalue weighted by Crippen LogP contribution is -2.52. The van der Waals surface area contributed by atoms with Gasteiger partial charge >= 0.3 is 0 Å². The third-order valence-corrected chi connectivity index (χ3v) is 10.0. The van der Waals surface area contributed by atoms with Gasteiger partial charge in [0.05, 0.1) is 12.2 Å². The molecular formula is C30H44O3. The highest BCUT2D eigenvalue weighted by Crippen LogP contribution is 2.64. The van der Waals surface area contributed by atoms with Crippen LogP contribution >= 0.6 is 0 Å². The molecule has 2 fully saturated rings. The van der Waals surface area contributed by atoms with Crippen LogP contribution in [0.25, 0.3) is 0 Å². The summed E-state index contributed by atoms with van der Waals surface area (Å²) in [7, 11) is 0. The number of allylic oxidation sites excluding steroid dienone is 5. The lowest BCUT2D eigenvalue weighted by Gasteiger charge is -2.56. The van der Waals surface area contributed by atoms with E-state index in [1.54, 1.807) is 5.57 Å². The van der Waals surface area contributed by atoms with Crippen molar-refractivity contribution in [3.05, 3.63) is 34.9 Å². The molecule has 1 unspecified atom stereocenters. The highest BCUT2D eigenvalue weighted by atomic mass is 16.3. The lowest BCUT2D eigenvalue weighted by atomic mass is 9.49. The minimum absolute atomic E-state index is 0.184. The van der Waals surface area contributed by atoms with E-state index < -0.39 is 17.8 Å². The lowest BCUT2D eigenvalue weighted by molar-refractivity contribution is -0.0492. The van der Waals surface area contributed by atoms with Gasteiger partial charge in [-0.1, -0.05) is 75.5 Å². The maximum absolute atomic E-state index is 11.1. The molecule has 0 radical (unpaired) electrons. The maximum Gasteiger partial charge on any atom is 0.125 e. The SMILES string of the molecule is CCC(O)(C#CCCC(C)C1=CC[C@H]2C3=CC=C4C[C@@H](O)C[C@H](O)[C@]4(C)[C@H]3CC[C@]12C)CC. The third kappa shape index (κ3) is 4.07. The molecule has 182 valence electrons. The zero-order valence-electron chi connectivity index (χ0n) is 21.3. The third-order valence-electron chi connectivity index (χ3n) is 10.0. The molecule has 3 nitrogen and oxygen atoms in total. The highest BCUT2D eigenvalue weighted by Gasteiger charge is 2.56. The van der Waals surface area contributed by atoms with Gasteiger partial charge in [-0.05, 0) is 68.1 Å². The number of rotatable bonds is 5. The maximum atomic E-state index is 11.1. The van der Waals surface area contributed by atoms with Crippen molar-refractivity contribution >= 4 is 0 Å². The topological polar surface area (TPSA) is 60.7 Å². The summed E-state index contributed by atoms with van der Waals surface area (Å²) in [4.78, 5) is 0. The smallest absolute Gasteiger partial charge is 0.125 e. The fourth-order valence-corrected chi connectivity index (χ4v) is 7.53. The van der Waals surface area contributed by atoms with Crippen molar-refractivity contribution in [1.82, 2.24) is 0 Å². The Balaban J connectivity index is 1.49. The summed E-state index contributed by atoms with van der Waals surface area (Å²) in [5.74, 6) is 7.76. The number of fused-ring (bicyclic) bond motifs is 5. The van der Waals surface area contributed by atoms with Crippen LogP contribution in [0.2, 0.25) is 0 Å². The fourth-order valence-electron chi connectivity index (χ4n) is 7.53. The molecule has 0 bridgehead atoms. The highest BCUT2D eigenvalue weighted by molar-refractivity contribution is 5.43. The van der Waals surface area contributed by atoms with Crippen molar-refractivity contribution < 1.29 is 15.3 Å². The monoisotopic (exact) mass is 452 g/mol. The van der Waals surface area contributed by atoms with Crippen LogP contribution in [0, 0.1) is 40.4 Å². The molecule has 0 aromatic heterocycles. The minimum Gasteiger partial charge on any atom is -0.393 e. The van der Waals surface area contributed by atoms with Gasteiger partial charge in [0, 0.05) is 18.3 Å². The summed E-state index contributed by atoms with van der Waals surface area (Å²) in [5, 5.41) is 31.7. The second-order valence-corrected chi connectivity index (χ2v) is 11.7. The standard InChI is InChI=1S/C30H44O3/c1-6-30(33,7-2)16-9-8-10-20(3)24-13-14-25-23-12-11-21-18-22(31)19-27(32)29(21,5)26(23)15-17-28(24,25)4/h11-13,20,22,25-27,31-33H,6-8,10,14-15,17-19H2,1-5H3/t20?,22-,25+,26+,27+,28-,29+/m1/s1. The average Bonchev–Trinajstić information content (AvgIpc) is 3.15. The molecule has 0 aliphatic heterocycles. The normalized spacial score (nSPS) is 38.6. The van der Waals surface area contributed by atoms with E-state index in [9.17, 15) is 15.3 Å². The van der Waals surface area contributed by atoms with E-state index in [4.69, 9.17) is 0 Å². The number of hydrogen-bond donors (Lipinski definition) is 3. The summed E-state index contributed by atoms with van der Waals surface area (Å²) < 4.78 is 0. The zero-order chi connectivity index (χ0) is 24.0. The van der Waals surface area contributed by atoms with Crippen LogP contribution in [0.3, 0.4) is 0 Å². The van der Waals surface area contributed by atoms with Crippen LogP contribution in [0.5, 0.6) is 0 Å². The van der Waals surface area contributed by atoms with Crippen molar-refractivity contribution in [3.63, 3.8) is 0 Å². The molecule has 0 heterocycles. The van der Waals surface area contributed by atoms with Crippen LogP contribution in [-0.2, 0) is 0 Å². The molecule has 0 spiro atoms. The van der Waals surface area contributed by atoms with E-state index in [1.807, 2.05) is 13.8 Å². The zero-order valence-corrected chi connectivity index (χ0v) is 21.3. The van der Waals surface area contributed by atoms with Gasteiger partial charge in [0.15, 0.2) is 0 Å². The summed E-state index contributed by atoms with van der Waals surface area (Å²) in [6.45, 7) is 11.0. The van der Waals surface area contributed by atoms with Gasteiger partial charge in [-0.25, -0.2) is 0 Å². The van der Waals surface area contributed by atoms with E-state index in [-0.39, 0.29) is 10.8 Å². The predicted octanol–water partition coefficient (Wildman–Crippen LogP) is 5.71. The molecule has 33 heavy (non-hydrogen) atoms. The fraction of sp³-hybridized carbons (Fsp3) is 0.733. The Morgan fingerprint density at radius 1 is 1.15 bits per heavy atom. The largest absolute Gasteiger partial charge is 0.393 e. The molecule has 4 rings (SSSR count). The van der Waals surface area contributed by atoms with Gasteiger partial charge in [0.2, 0.25) is 0 Å². The van der Waals surface area contributed by atoms with Crippen molar-refractivity contribution in [1.29, 1.82) is 0 Å². The molecule has 0 aromatic rings. The number of aliphatic hydroxyl groups is 3. The van der Waals surface area contributed by atoms with Crippen molar-refractivity contribution in [2.24, 2.45) is 28.6 Å². The van der Waals surface area contributed by atoms with Gasteiger partial charge in [0.1, 0.15) is 5.60 Å². The van der Waals surface area contributed by atoms with Gasteiger partial charge < -0.3 is 15.3 Å². The second kappa shape index (κ2) is 9.03. The second-order valence-electron chi connectivity index (χ2n) is 11.7. The first-order valence-electron chi connectivity index (χ1n) is 13.3. The molecule has 3 N–H and O–H groups in total. The Labute approximate surface area is 201 Å². The van der Waals surface area contributed by atoms with Crippen LogP contribution in [0.1, 0.15) is 92.4 Å². The molecule has 4 aliphatic carbocycles. The number of aliphatic hydroxyl groups excluding tert-OH is 2. The van der Waals surface area contributed by atoms with Crippen molar-refractivity contribution in [3.8, 4) is 11.8 Å². The van der Waals surface area contributed by atoms with Crippen LogP contribution < -0.4 is 0 Å². The van der Waals surface area contributed by atoms with Crippen LogP contribution in [0.4, 0.5) is 0 Å². The van der Waals surface area contributed by atoms with Crippen molar-refractivity contribution in [2.45, 2.75) is 110 Å². The van der Waals surface area contributed by atoms with Gasteiger partial charge in [0.25, 0.3) is 0 Å². The first-order chi connectivity index (χ1) is 15.6. The average molecular weight is 453 g/mol. The Bertz CT molecular complexity index is 911. The summed E-state index contributed by atoms with van der Waals surface area (Å²) >= 11 is 0. The Morgan fingerprint density at radius 2 is 1.88 bits per heavy atom. The molecule has 2 saturated carbocycles. The van der Waals surface area contributed by atoms with Gasteiger partial charge in [-0.2, -0.15) is 0 Å². The van der Waals surface area contributed by atoms with E-state index in [1.165, 1.54) is 11.1 Å². The van der Waals surface area contributed by atoms with E-state index in [2.05, 4.69) is 50.8 Å². The van der Waals surface area contributed by atoms with Crippen LogP contribution in [-0.4, -0.2) is 33.1 Å². The summed E-state index contributed by atoms with van der Waals surface area (Å²) in [5.41, 5.74) is 3.48. The first-order valence-corrected chi connectivity index (χ1v) is 13.3. The summed E-state index contributed by atoms with van der Waals surface area (Å²) in [6, 6.07) is 0. The van der Waals surface area contributed by atoms with Gasteiger partial charge in [-0.3, -0.25) is 0 Å². The van der Waals surface area contributed by atoms with Crippen molar-refractivity contribution in [2.75, 3.05) is 0 Å². The van der Waals surface area contributed by atoms with Crippen LogP contribution in [0.15, 0.2) is 34.9 Å². The Hall–Kier alpha value is -1.34. The summed E-state index contributed by atoms with van der Waals surface area (Å²) in [6.07, 6.45) is 13.9. The van der Waals surface area contributed by atoms with E-state index >= 15 is 0 Å². The predicted molar refractivity (Wildman–Crippen MR) is 134 cm³/mol. The Morgan fingerprint density at radius 3 is 2.58 bits per heavy atom. The quantitative estimate of drug-likeness (QED) is 0.370. The molecule has 0 amide bonds. The molecular weight excluding hydrogens is 408 g/mol. The Kier molecular flexibility index (Phi) is 6.78. The molecule has 0 saturated heterocycles. The molecule has 3 heteroatoms. The first kappa shape index (κ1) is 24.8. The van der Waals surface area contributed by atoms with E-state index in [0.717, 1.165) is 32.1 Å². The molecule has 4 aliphatic rings.